The maximum Gasteiger partial charge on any atom is 0.417 e. The van der Waals surface area contributed by atoms with Crippen molar-refractivity contribution in [2.24, 2.45) is 0 Å². The average Bonchev–Trinajstić information content (AvgIpc) is 2.45. The summed E-state index contributed by atoms with van der Waals surface area (Å²) in [7, 11) is 0. The molecule has 2 rings (SSSR count). The van der Waals surface area contributed by atoms with Gasteiger partial charge in [-0.1, -0.05) is 31.2 Å². The molecule has 0 bridgehead atoms. The van der Waals surface area contributed by atoms with E-state index in [1.807, 2.05) is 38.1 Å². The lowest BCUT2D eigenvalue weighted by molar-refractivity contribution is 0.0194. The first-order valence-corrected chi connectivity index (χ1v) is 7.62. The highest BCUT2D eigenvalue weighted by Gasteiger charge is 2.40. The second-order valence-corrected chi connectivity index (χ2v) is 6.37. The van der Waals surface area contributed by atoms with Gasteiger partial charge in [0.25, 0.3) is 5.91 Å². The van der Waals surface area contributed by atoms with Gasteiger partial charge in [-0.15, -0.1) is 0 Å². The van der Waals surface area contributed by atoms with Crippen LogP contribution < -0.4 is 0 Å². The molecule has 118 valence electrons. The van der Waals surface area contributed by atoms with Crippen molar-refractivity contribution in [1.82, 2.24) is 4.90 Å². The number of amides is 2. The Morgan fingerprint density at radius 1 is 1.27 bits per heavy atom. The van der Waals surface area contributed by atoms with E-state index in [0.29, 0.717) is 12.0 Å². The largest absolute Gasteiger partial charge is 0.443 e. The van der Waals surface area contributed by atoms with Crippen molar-refractivity contribution in [2.45, 2.75) is 52.7 Å². The number of carbonyl (C=O) groups excluding carboxylic acids is 2. The predicted octanol–water partition coefficient (Wildman–Crippen LogP) is 4.26. The van der Waals surface area contributed by atoms with Crippen molar-refractivity contribution in [3.63, 3.8) is 0 Å². The molecule has 22 heavy (non-hydrogen) atoms. The van der Waals surface area contributed by atoms with E-state index in [1.165, 1.54) is 4.90 Å². The van der Waals surface area contributed by atoms with Crippen LogP contribution in [0.25, 0.3) is 5.57 Å². The summed E-state index contributed by atoms with van der Waals surface area (Å²) in [5.74, 6) is -0.290. The minimum Gasteiger partial charge on any atom is -0.443 e. The van der Waals surface area contributed by atoms with Crippen LogP contribution in [0.5, 0.6) is 0 Å². The van der Waals surface area contributed by atoms with Crippen molar-refractivity contribution in [3.8, 4) is 0 Å². The second kappa shape index (κ2) is 5.95. The summed E-state index contributed by atoms with van der Waals surface area (Å²) in [6.45, 7) is 9.28. The van der Waals surface area contributed by atoms with Crippen LogP contribution in [0.15, 0.2) is 30.3 Å². The van der Waals surface area contributed by atoms with Crippen LogP contribution >= 0.6 is 0 Å². The van der Waals surface area contributed by atoms with Gasteiger partial charge in [0.15, 0.2) is 0 Å². The predicted molar refractivity (Wildman–Crippen MR) is 86.6 cm³/mol. The van der Waals surface area contributed by atoms with E-state index in [0.717, 1.165) is 11.1 Å². The zero-order chi connectivity index (χ0) is 16.5. The first-order valence-electron chi connectivity index (χ1n) is 7.62. The Kier molecular flexibility index (Phi) is 4.40. The normalized spacial score (nSPS) is 20.0. The molecule has 0 fully saturated rings. The highest BCUT2D eigenvalue weighted by atomic mass is 16.6. The van der Waals surface area contributed by atoms with Crippen molar-refractivity contribution >= 4 is 17.6 Å². The van der Waals surface area contributed by atoms with Crippen LogP contribution in [0.3, 0.4) is 0 Å². The van der Waals surface area contributed by atoms with Crippen LogP contribution in [-0.4, -0.2) is 28.5 Å². The molecular weight excluding hydrogens is 278 g/mol. The molecule has 0 aromatic heterocycles. The molecule has 0 saturated carbocycles. The molecule has 0 saturated heterocycles. The maximum absolute atomic E-state index is 12.8. The number of fused-ring (bicyclic) bond motifs is 1. The smallest absolute Gasteiger partial charge is 0.417 e. The molecule has 1 atom stereocenters. The highest BCUT2D eigenvalue weighted by Crippen LogP contribution is 2.34. The van der Waals surface area contributed by atoms with E-state index >= 15 is 0 Å². The van der Waals surface area contributed by atoms with Crippen molar-refractivity contribution in [3.05, 3.63) is 41.5 Å². The number of hydrogen-bond donors (Lipinski definition) is 0. The Morgan fingerprint density at radius 2 is 1.86 bits per heavy atom. The molecular formula is C18H23NO3. The molecule has 2 amide bonds. The van der Waals surface area contributed by atoms with Gasteiger partial charge >= 0.3 is 6.09 Å². The monoisotopic (exact) mass is 301 g/mol. The van der Waals surface area contributed by atoms with Crippen LogP contribution in [0.1, 0.15) is 57.0 Å². The van der Waals surface area contributed by atoms with E-state index < -0.39 is 11.7 Å². The van der Waals surface area contributed by atoms with Crippen LogP contribution in [0.4, 0.5) is 4.79 Å². The third kappa shape index (κ3) is 2.91. The minimum absolute atomic E-state index is 0.290. The molecule has 1 aliphatic rings. The van der Waals surface area contributed by atoms with Gasteiger partial charge in [-0.2, -0.15) is 0 Å². The first kappa shape index (κ1) is 16.3. The standard InChI is InChI=1S/C18H23NO3/c1-6-12-13-10-8-9-11-14(13)16(20)19(15(12)7-2)17(21)22-18(3,4)5/h6,8-11,15H,7H2,1-5H3/b12-6-/t15-/m1/s1. The molecule has 1 aromatic rings. The zero-order valence-corrected chi connectivity index (χ0v) is 13.8. The number of ether oxygens (including phenoxy) is 1. The van der Waals surface area contributed by atoms with Crippen molar-refractivity contribution < 1.29 is 14.3 Å². The van der Waals surface area contributed by atoms with Gasteiger partial charge in [-0.05, 0) is 51.3 Å². The van der Waals surface area contributed by atoms with Gasteiger partial charge in [-0.25, -0.2) is 9.69 Å². The number of imide groups is 1. The quantitative estimate of drug-likeness (QED) is 0.778. The van der Waals surface area contributed by atoms with Crippen LogP contribution in [-0.2, 0) is 4.74 Å². The summed E-state index contributed by atoms with van der Waals surface area (Å²) < 4.78 is 5.43. The Labute approximate surface area is 131 Å². The van der Waals surface area contributed by atoms with Crippen molar-refractivity contribution in [1.29, 1.82) is 0 Å². The molecule has 4 nitrogen and oxygen atoms in total. The van der Waals surface area contributed by atoms with Gasteiger partial charge < -0.3 is 4.74 Å². The van der Waals surface area contributed by atoms with Gasteiger partial charge in [-0.3, -0.25) is 4.79 Å². The van der Waals surface area contributed by atoms with Gasteiger partial charge in [0.05, 0.1) is 6.04 Å². The van der Waals surface area contributed by atoms with Crippen LogP contribution in [0, 0.1) is 0 Å². The molecule has 0 aliphatic carbocycles. The first-order chi connectivity index (χ1) is 10.3. The summed E-state index contributed by atoms with van der Waals surface area (Å²) in [6.07, 6.45) is 2.04. The van der Waals surface area contributed by atoms with E-state index in [4.69, 9.17) is 4.74 Å². The summed E-state index contributed by atoms with van der Waals surface area (Å²) in [5, 5.41) is 0. The summed E-state index contributed by atoms with van der Waals surface area (Å²) in [6, 6.07) is 7.11. The number of carbonyl (C=O) groups is 2. The SMILES string of the molecule is C/C=C1/c2ccccc2C(=O)N(C(=O)OC(C)(C)C)[C@@H]1CC. The number of hydrogen-bond acceptors (Lipinski definition) is 3. The molecule has 4 heteroatoms. The van der Waals surface area contributed by atoms with Crippen LogP contribution in [0.2, 0.25) is 0 Å². The molecule has 0 unspecified atom stereocenters. The lowest BCUT2D eigenvalue weighted by Crippen LogP contribution is -2.50. The van der Waals surface area contributed by atoms with Crippen molar-refractivity contribution in [2.75, 3.05) is 0 Å². The molecule has 0 radical (unpaired) electrons. The van der Waals surface area contributed by atoms with E-state index in [-0.39, 0.29) is 11.9 Å². The molecule has 1 aliphatic heterocycles. The Morgan fingerprint density at radius 3 is 2.36 bits per heavy atom. The zero-order valence-electron chi connectivity index (χ0n) is 13.8. The lowest BCUT2D eigenvalue weighted by Gasteiger charge is -2.37. The third-order valence-corrected chi connectivity index (χ3v) is 3.65. The number of allylic oxidation sites excluding steroid dienone is 1. The number of benzene rings is 1. The summed E-state index contributed by atoms with van der Waals surface area (Å²) >= 11 is 0. The van der Waals surface area contributed by atoms with Gasteiger partial charge in [0.2, 0.25) is 0 Å². The fraction of sp³-hybridized carbons (Fsp3) is 0.444. The Hall–Kier alpha value is -2.10. The maximum atomic E-state index is 12.8. The minimum atomic E-state index is -0.636. The van der Waals surface area contributed by atoms with Gasteiger partial charge in [0, 0.05) is 5.56 Å². The average molecular weight is 301 g/mol. The summed E-state index contributed by atoms with van der Waals surface area (Å²) in [4.78, 5) is 26.5. The van der Waals surface area contributed by atoms with Gasteiger partial charge in [0.1, 0.15) is 5.60 Å². The highest BCUT2D eigenvalue weighted by molar-refractivity contribution is 6.10. The summed E-state index contributed by atoms with van der Waals surface area (Å²) in [5.41, 5.74) is 1.80. The number of nitrogens with zero attached hydrogens (tertiary/aromatic N) is 1. The lowest BCUT2D eigenvalue weighted by atomic mass is 9.87. The number of rotatable bonds is 1. The molecule has 0 spiro atoms. The van der Waals surface area contributed by atoms with E-state index in [2.05, 4.69) is 0 Å². The molecule has 1 aromatic carbocycles. The van der Waals surface area contributed by atoms with E-state index in [9.17, 15) is 9.59 Å². The fourth-order valence-electron chi connectivity index (χ4n) is 2.78. The van der Waals surface area contributed by atoms with E-state index in [1.54, 1.807) is 26.8 Å². The molecule has 1 heterocycles. The fourth-order valence-corrected chi connectivity index (χ4v) is 2.78. The third-order valence-electron chi connectivity index (χ3n) is 3.65. The molecule has 0 N–H and O–H groups in total. The Balaban J connectivity index is 2.51. The Bertz CT molecular complexity index is 625. The second-order valence-electron chi connectivity index (χ2n) is 6.37. The topological polar surface area (TPSA) is 46.6 Å².